The minimum atomic E-state index is -0.741. The lowest BCUT2D eigenvalue weighted by Crippen LogP contribution is -2.27. The third kappa shape index (κ3) is 2.26. The summed E-state index contributed by atoms with van der Waals surface area (Å²) in [5.41, 5.74) is 12.4. The minimum Gasteiger partial charge on any atom is -0.351 e. The van der Waals surface area contributed by atoms with Crippen LogP contribution in [0.25, 0.3) is 21.9 Å². The molecule has 0 amide bonds. The second-order valence-electron chi connectivity index (χ2n) is 14.4. The molecule has 2 heteroatoms. The van der Waals surface area contributed by atoms with Gasteiger partial charge in [0.25, 0.3) is 0 Å². The third-order valence-corrected chi connectivity index (χ3v) is 12.4. The van der Waals surface area contributed by atoms with Gasteiger partial charge in [0.1, 0.15) is 0 Å². The Kier molecular flexibility index (Phi) is 4.40. The number of aryl methyl sites for hydroxylation is 1. The molecule has 4 aromatic rings. The zero-order chi connectivity index (χ0) is 28.2. The molecule has 0 aliphatic heterocycles. The summed E-state index contributed by atoms with van der Waals surface area (Å²) in [4.78, 5) is 0. The molecule has 0 spiro atoms. The highest BCUT2D eigenvalue weighted by molar-refractivity contribution is 5.99. The summed E-state index contributed by atoms with van der Waals surface area (Å²) in [5.74, 6) is 0.106. The van der Waals surface area contributed by atoms with Gasteiger partial charge in [-0.15, -0.1) is 0 Å². The van der Waals surface area contributed by atoms with Gasteiger partial charge in [-0.05, 0) is 86.9 Å². The zero-order valence-electron chi connectivity index (χ0n) is 25.3. The minimum absolute atomic E-state index is 0.0256. The highest BCUT2D eigenvalue weighted by Crippen LogP contribution is 2.80. The third-order valence-electron chi connectivity index (χ3n) is 12.4. The molecule has 2 nitrogen and oxygen atoms in total. The Bertz CT molecular complexity index is 1790. The zero-order valence-corrected chi connectivity index (χ0v) is 25.3. The van der Waals surface area contributed by atoms with Gasteiger partial charge < -0.3 is 9.47 Å². The molecular weight excluding hydrogens is 488 g/mol. The van der Waals surface area contributed by atoms with Gasteiger partial charge in [-0.2, -0.15) is 0 Å². The van der Waals surface area contributed by atoms with Gasteiger partial charge in [-0.25, -0.2) is 0 Å². The molecule has 4 aliphatic rings. The molecule has 40 heavy (non-hydrogen) atoms. The average molecular weight is 529 g/mol. The van der Waals surface area contributed by atoms with Gasteiger partial charge in [0.15, 0.2) is 5.79 Å². The van der Waals surface area contributed by atoms with Crippen LogP contribution < -0.4 is 0 Å². The lowest BCUT2D eigenvalue weighted by atomic mass is 9.66. The van der Waals surface area contributed by atoms with Crippen molar-refractivity contribution >= 4 is 10.8 Å². The normalized spacial score (nSPS) is 30.6. The maximum Gasteiger partial charge on any atom is 0.188 e. The van der Waals surface area contributed by atoms with Gasteiger partial charge in [-0.1, -0.05) is 100.0 Å². The van der Waals surface area contributed by atoms with E-state index in [0.717, 1.165) is 0 Å². The topological polar surface area (TPSA) is 18.5 Å². The van der Waals surface area contributed by atoms with E-state index in [4.69, 9.17) is 9.47 Å². The van der Waals surface area contributed by atoms with E-state index < -0.39 is 5.79 Å². The Morgan fingerprint density at radius 3 is 2.05 bits per heavy atom. The monoisotopic (exact) mass is 528 g/mol. The van der Waals surface area contributed by atoms with Crippen LogP contribution in [0, 0.1) is 6.92 Å². The lowest BCUT2D eigenvalue weighted by molar-refractivity contribution is -0.154. The fourth-order valence-corrected chi connectivity index (χ4v) is 10.6. The van der Waals surface area contributed by atoms with Crippen LogP contribution >= 0.6 is 0 Å². The van der Waals surface area contributed by atoms with Crippen molar-refractivity contribution in [3.63, 3.8) is 0 Å². The SMILES string of the molecule is COC1(OC)C2(C)c3ccc4c(c3-c3ccc5cc(C)ccc5c3C12C)C1C(c2ccccc2C1(C)C)C4(C)C. The summed E-state index contributed by atoms with van der Waals surface area (Å²) < 4.78 is 12.9. The molecule has 0 N–H and O–H groups in total. The van der Waals surface area contributed by atoms with Crippen LogP contribution in [0.5, 0.6) is 0 Å². The summed E-state index contributed by atoms with van der Waals surface area (Å²) in [6.45, 7) is 16.8. The van der Waals surface area contributed by atoms with Crippen LogP contribution in [0.3, 0.4) is 0 Å². The number of benzene rings is 4. The summed E-state index contributed by atoms with van der Waals surface area (Å²) in [6.07, 6.45) is 0. The van der Waals surface area contributed by atoms with Crippen LogP contribution in [0.4, 0.5) is 0 Å². The van der Waals surface area contributed by atoms with Crippen LogP contribution in [-0.4, -0.2) is 20.0 Å². The van der Waals surface area contributed by atoms with Gasteiger partial charge >= 0.3 is 0 Å². The van der Waals surface area contributed by atoms with E-state index in [1.54, 1.807) is 5.56 Å². The molecule has 8 rings (SSSR count). The standard InChI is InChI=1S/C38H40O2/c1-21-14-16-23-22(20-21)15-17-25-29-28(36(6)37(7,31(23)25)38(36,39-8)40-9)19-18-27-30(29)33-32(35(27,4)5)24-12-10-11-13-26(24)34(33,2)3/h10-20,32-33H,1-9H3. The highest BCUT2D eigenvalue weighted by Gasteiger charge is 2.88. The molecule has 4 unspecified atom stereocenters. The van der Waals surface area contributed by atoms with Crippen LogP contribution in [0.1, 0.15) is 92.3 Å². The van der Waals surface area contributed by atoms with E-state index in [-0.39, 0.29) is 21.7 Å². The molecular formula is C38H40O2. The van der Waals surface area contributed by atoms with E-state index in [1.807, 2.05) is 14.2 Å². The van der Waals surface area contributed by atoms with E-state index in [1.165, 1.54) is 55.3 Å². The smallest absolute Gasteiger partial charge is 0.188 e. The van der Waals surface area contributed by atoms with Crippen molar-refractivity contribution < 1.29 is 9.47 Å². The molecule has 204 valence electrons. The Balaban J connectivity index is 1.54. The Labute approximate surface area is 238 Å². The summed E-state index contributed by atoms with van der Waals surface area (Å²) >= 11 is 0. The van der Waals surface area contributed by atoms with Crippen LogP contribution in [0.15, 0.2) is 66.7 Å². The fourth-order valence-electron chi connectivity index (χ4n) is 10.6. The fraction of sp³-hybridized carbons (Fsp3) is 0.421. The predicted octanol–water partition coefficient (Wildman–Crippen LogP) is 8.80. The Morgan fingerprint density at radius 1 is 0.650 bits per heavy atom. The first-order valence-electron chi connectivity index (χ1n) is 14.8. The molecule has 0 heterocycles. The number of fused-ring (bicyclic) bond motifs is 14. The largest absolute Gasteiger partial charge is 0.351 e. The number of ether oxygens (including phenoxy) is 2. The average Bonchev–Trinajstić information content (AvgIpc) is 3.10. The van der Waals surface area contributed by atoms with Crippen molar-refractivity contribution in [1.29, 1.82) is 0 Å². The van der Waals surface area contributed by atoms with Crippen molar-refractivity contribution in [3.8, 4) is 11.1 Å². The highest BCUT2D eigenvalue weighted by atomic mass is 16.7. The summed E-state index contributed by atoms with van der Waals surface area (Å²) in [6, 6.07) is 25.8. The molecule has 4 atom stereocenters. The van der Waals surface area contributed by atoms with Gasteiger partial charge in [0.05, 0.1) is 10.8 Å². The van der Waals surface area contributed by atoms with Gasteiger partial charge in [-0.3, -0.25) is 0 Å². The number of hydrogen-bond donors (Lipinski definition) is 0. The van der Waals surface area contributed by atoms with Crippen molar-refractivity contribution in [3.05, 3.63) is 106 Å². The van der Waals surface area contributed by atoms with E-state index >= 15 is 0 Å². The molecule has 0 radical (unpaired) electrons. The molecule has 1 saturated carbocycles. The van der Waals surface area contributed by atoms with Crippen molar-refractivity contribution in [2.24, 2.45) is 0 Å². The first-order valence-corrected chi connectivity index (χ1v) is 14.8. The quantitative estimate of drug-likeness (QED) is 0.242. The van der Waals surface area contributed by atoms with Crippen molar-refractivity contribution in [2.75, 3.05) is 14.2 Å². The summed E-state index contributed by atoms with van der Waals surface area (Å²) in [5, 5.41) is 2.61. The molecule has 1 fully saturated rings. The second kappa shape index (κ2) is 7.09. The maximum absolute atomic E-state index is 6.45. The molecule has 4 aromatic carbocycles. The maximum atomic E-state index is 6.45. The van der Waals surface area contributed by atoms with E-state index in [2.05, 4.69) is 115 Å². The number of hydrogen-bond acceptors (Lipinski definition) is 2. The first-order chi connectivity index (χ1) is 18.9. The molecule has 4 aliphatic carbocycles. The molecule has 0 saturated heterocycles. The van der Waals surface area contributed by atoms with Crippen molar-refractivity contribution in [1.82, 2.24) is 0 Å². The number of rotatable bonds is 2. The lowest BCUT2D eigenvalue weighted by Gasteiger charge is -2.35. The molecule has 0 aromatic heterocycles. The van der Waals surface area contributed by atoms with Gasteiger partial charge in [0, 0.05) is 26.1 Å². The predicted molar refractivity (Wildman–Crippen MR) is 164 cm³/mol. The number of methoxy groups -OCH3 is 2. The van der Waals surface area contributed by atoms with Gasteiger partial charge in [0.2, 0.25) is 0 Å². The Morgan fingerprint density at radius 2 is 1.32 bits per heavy atom. The first kappa shape index (κ1) is 24.8. The van der Waals surface area contributed by atoms with Crippen LogP contribution in [0.2, 0.25) is 0 Å². The summed E-state index contributed by atoms with van der Waals surface area (Å²) in [7, 11) is 3.66. The van der Waals surface area contributed by atoms with Crippen molar-refractivity contribution in [2.45, 2.75) is 87.7 Å². The second-order valence-corrected chi connectivity index (χ2v) is 14.4. The Hall–Kier alpha value is -2.94. The van der Waals surface area contributed by atoms with Crippen LogP contribution in [-0.2, 0) is 31.1 Å². The van der Waals surface area contributed by atoms with E-state index in [9.17, 15) is 0 Å². The van der Waals surface area contributed by atoms with E-state index in [0.29, 0.717) is 11.8 Å². The molecule has 0 bridgehead atoms.